The van der Waals surface area contributed by atoms with Crippen LogP contribution in [0.2, 0.25) is 0 Å². The third-order valence-corrected chi connectivity index (χ3v) is 3.70. The first-order valence-corrected chi connectivity index (χ1v) is 6.57. The molecule has 1 heterocycles. The van der Waals surface area contributed by atoms with Crippen LogP contribution in [0.4, 0.5) is 5.69 Å². The number of carbonyl (C=O) groups excluding carboxylic acids is 1. The number of phenolic OH excluding ortho intramolecular Hbond substituents is 1. The lowest BCUT2D eigenvalue weighted by atomic mass is 10.1. The molecule has 0 bridgehead atoms. The molecular formula is C12H14N2O3S. The molecule has 1 fully saturated rings. The minimum atomic E-state index is -0.110. The van der Waals surface area contributed by atoms with Crippen LogP contribution in [0.3, 0.4) is 0 Å². The standard InChI is InChI=1S/C12H14N2O3S/c1-13-9-6-10(15)11(17-2)5-8(9)12(16)14-3-4-18-7-14/h5-6,15H,1,3-4,7H2,2H3. The molecule has 0 radical (unpaired) electrons. The van der Waals surface area contributed by atoms with Crippen LogP contribution in [0.15, 0.2) is 17.1 Å². The summed E-state index contributed by atoms with van der Waals surface area (Å²) in [5.74, 6) is 1.72. The van der Waals surface area contributed by atoms with Crippen molar-refractivity contribution in [1.29, 1.82) is 0 Å². The van der Waals surface area contributed by atoms with E-state index in [0.717, 1.165) is 12.3 Å². The number of benzene rings is 1. The first-order chi connectivity index (χ1) is 8.67. The van der Waals surface area contributed by atoms with Gasteiger partial charge < -0.3 is 14.7 Å². The predicted molar refractivity (Wildman–Crippen MR) is 72.2 cm³/mol. The fourth-order valence-electron chi connectivity index (χ4n) is 1.77. The Kier molecular flexibility index (Phi) is 3.76. The van der Waals surface area contributed by atoms with E-state index in [1.165, 1.54) is 19.2 Å². The number of aromatic hydroxyl groups is 1. The zero-order chi connectivity index (χ0) is 13.1. The van der Waals surface area contributed by atoms with E-state index in [1.54, 1.807) is 16.7 Å². The fourth-order valence-corrected chi connectivity index (χ4v) is 2.71. The highest BCUT2D eigenvalue weighted by Crippen LogP contribution is 2.34. The summed E-state index contributed by atoms with van der Waals surface area (Å²) in [5.41, 5.74) is 0.775. The molecule has 0 unspecified atom stereocenters. The van der Waals surface area contributed by atoms with Gasteiger partial charge in [-0.2, -0.15) is 0 Å². The summed E-state index contributed by atoms with van der Waals surface area (Å²) in [4.78, 5) is 17.8. The lowest BCUT2D eigenvalue weighted by Gasteiger charge is -2.16. The Bertz CT molecular complexity index is 484. The Labute approximate surface area is 109 Å². The normalized spacial score (nSPS) is 14.6. The number of ether oxygens (including phenoxy) is 1. The molecule has 18 heavy (non-hydrogen) atoms. The number of phenols is 1. The zero-order valence-corrected chi connectivity index (χ0v) is 10.9. The van der Waals surface area contributed by atoms with Crippen molar-refractivity contribution < 1.29 is 14.6 Å². The minimum Gasteiger partial charge on any atom is -0.504 e. The molecule has 1 aromatic rings. The van der Waals surface area contributed by atoms with Crippen molar-refractivity contribution in [2.75, 3.05) is 25.3 Å². The minimum absolute atomic E-state index is 0.0488. The molecule has 1 N–H and O–H groups in total. The number of amides is 1. The fraction of sp³-hybridized carbons (Fsp3) is 0.333. The van der Waals surface area contributed by atoms with Crippen molar-refractivity contribution in [3.8, 4) is 11.5 Å². The number of aliphatic imine (C=N–C) groups is 1. The van der Waals surface area contributed by atoms with E-state index in [2.05, 4.69) is 11.7 Å². The molecule has 6 heteroatoms. The number of carbonyl (C=O) groups is 1. The van der Waals surface area contributed by atoms with E-state index in [9.17, 15) is 9.90 Å². The average Bonchev–Trinajstić information content (AvgIpc) is 2.91. The van der Waals surface area contributed by atoms with Gasteiger partial charge in [0.15, 0.2) is 11.5 Å². The highest BCUT2D eigenvalue weighted by atomic mass is 32.2. The van der Waals surface area contributed by atoms with Crippen LogP contribution in [0.25, 0.3) is 0 Å². The van der Waals surface area contributed by atoms with Gasteiger partial charge in [-0.15, -0.1) is 11.8 Å². The smallest absolute Gasteiger partial charge is 0.256 e. The van der Waals surface area contributed by atoms with E-state index in [0.29, 0.717) is 17.1 Å². The van der Waals surface area contributed by atoms with Crippen molar-refractivity contribution in [1.82, 2.24) is 4.90 Å². The van der Waals surface area contributed by atoms with E-state index in [4.69, 9.17) is 4.74 Å². The molecule has 1 aliphatic rings. The molecule has 1 saturated heterocycles. The monoisotopic (exact) mass is 266 g/mol. The summed E-state index contributed by atoms with van der Waals surface area (Å²) < 4.78 is 5.01. The van der Waals surface area contributed by atoms with Gasteiger partial charge in [0, 0.05) is 18.4 Å². The zero-order valence-electron chi connectivity index (χ0n) is 10.0. The Balaban J connectivity index is 2.41. The van der Waals surface area contributed by atoms with Crippen LogP contribution >= 0.6 is 11.8 Å². The van der Waals surface area contributed by atoms with Gasteiger partial charge in [-0.1, -0.05) is 0 Å². The molecule has 5 nitrogen and oxygen atoms in total. The maximum absolute atomic E-state index is 12.3. The summed E-state index contributed by atoms with van der Waals surface area (Å²) in [5, 5.41) is 9.65. The highest BCUT2D eigenvalue weighted by molar-refractivity contribution is 7.99. The molecule has 1 aromatic carbocycles. The second-order valence-corrected chi connectivity index (χ2v) is 4.88. The molecule has 1 aliphatic heterocycles. The maximum atomic E-state index is 12.3. The summed E-state index contributed by atoms with van der Waals surface area (Å²) in [7, 11) is 1.44. The third kappa shape index (κ3) is 2.28. The maximum Gasteiger partial charge on any atom is 0.256 e. The third-order valence-electron chi connectivity index (χ3n) is 2.74. The quantitative estimate of drug-likeness (QED) is 0.848. The molecule has 0 atom stereocenters. The van der Waals surface area contributed by atoms with Crippen molar-refractivity contribution in [2.45, 2.75) is 0 Å². The molecule has 2 rings (SSSR count). The number of methoxy groups -OCH3 is 1. The van der Waals surface area contributed by atoms with Gasteiger partial charge >= 0.3 is 0 Å². The summed E-state index contributed by atoms with van der Waals surface area (Å²) in [6.07, 6.45) is 0. The van der Waals surface area contributed by atoms with Gasteiger partial charge in [0.1, 0.15) is 0 Å². The molecule has 0 aromatic heterocycles. The van der Waals surface area contributed by atoms with Gasteiger partial charge in [0.2, 0.25) is 0 Å². The van der Waals surface area contributed by atoms with E-state index >= 15 is 0 Å². The molecule has 0 saturated carbocycles. The van der Waals surface area contributed by atoms with Crippen molar-refractivity contribution in [3.63, 3.8) is 0 Å². The van der Waals surface area contributed by atoms with Crippen LogP contribution in [0.5, 0.6) is 11.5 Å². The Morgan fingerprint density at radius 1 is 1.61 bits per heavy atom. The summed E-state index contributed by atoms with van der Waals surface area (Å²) >= 11 is 1.71. The highest BCUT2D eigenvalue weighted by Gasteiger charge is 2.23. The Morgan fingerprint density at radius 2 is 2.39 bits per heavy atom. The number of nitrogens with zero attached hydrogens (tertiary/aromatic N) is 2. The van der Waals surface area contributed by atoms with E-state index < -0.39 is 0 Å². The number of hydrogen-bond acceptors (Lipinski definition) is 5. The van der Waals surface area contributed by atoms with E-state index in [-0.39, 0.29) is 17.4 Å². The molecule has 96 valence electrons. The van der Waals surface area contributed by atoms with Crippen LogP contribution in [0.1, 0.15) is 10.4 Å². The molecule has 0 aliphatic carbocycles. The molecule has 0 spiro atoms. The molecular weight excluding hydrogens is 252 g/mol. The SMILES string of the molecule is C=Nc1cc(O)c(OC)cc1C(=O)N1CCSC1. The van der Waals surface area contributed by atoms with Crippen LogP contribution in [-0.2, 0) is 0 Å². The lowest BCUT2D eigenvalue weighted by molar-refractivity contribution is 0.0803. The van der Waals surface area contributed by atoms with Crippen LogP contribution in [-0.4, -0.2) is 47.9 Å². The number of thioether (sulfide) groups is 1. The Morgan fingerprint density at radius 3 is 2.94 bits per heavy atom. The van der Waals surface area contributed by atoms with Gasteiger partial charge in [0.25, 0.3) is 5.91 Å². The average molecular weight is 266 g/mol. The topological polar surface area (TPSA) is 62.1 Å². The number of hydrogen-bond donors (Lipinski definition) is 1. The van der Waals surface area contributed by atoms with Gasteiger partial charge in [0.05, 0.1) is 24.2 Å². The summed E-state index contributed by atoms with van der Waals surface area (Å²) in [6, 6.07) is 2.90. The van der Waals surface area contributed by atoms with E-state index in [1.807, 2.05) is 0 Å². The second-order valence-electron chi connectivity index (χ2n) is 3.81. The number of rotatable bonds is 3. The van der Waals surface area contributed by atoms with Crippen LogP contribution in [0, 0.1) is 0 Å². The first kappa shape index (κ1) is 12.8. The van der Waals surface area contributed by atoms with Crippen LogP contribution < -0.4 is 4.74 Å². The lowest BCUT2D eigenvalue weighted by Crippen LogP contribution is -2.27. The van der Waals surface area contributed by atoms with Crippen molar-refractivity contribution in [2.24, 2.45) is 4.99 Å². The largest absolute Gasteiger partial charge is 0.504 e. The second kappa shape index (κ2) is 5.30. The summed E-state index contributed by atoms with van der Waals surface area (Å²) in [6.45, 7) is 4.14. The Hall–Kier alpha value is -1.69. The van der Waals surface area contributed by atoms with Gasteiger partial charge in [-0.05, 0) is 12.8 Å². The predicted octanol–water partition coefficient (Wildman–Crippen LogP) is 1.88. The molecule has 1 amide bonds. The van der Waals surface area contributed by atoms with Gasteiger partial charge in [-0.3, -0.25) is 9.79 Å². The van der Waals surface area contributed by atoms with Crippen molar-refractivity contribution >= 4 is 30.1 Å². The first-order valence-electron chi connectivity index (χ1n) is 5.42. The van der Waals surface area contributed by atoms with Gasteiger partial charge in [-0.25, -0.2) is 0 Å². The van der Waals surface area contributed by atoms with Crippen molar-refractivity contribution in [3.05, 3.63) is 17.7 Å².